The SMILES string of the molecule is COc1ncnc(N2CCCC3(C2)OCCO3)c1N. The molecule has 2 fully saturated rings. The van der Waals surface area contributed by atoms with Gasteiger partial charge in [-0.25, -0.2) is 4.98 Å². The molecule has 0 atom stereocenters. The third-order valence-electron chi connectivity index (χ3n) is 3.55. The first-order valence-corrected chi connectivity index (χ1v) is 6.41. The van der Waals surface area contributed by atoms with Crippen LogP contribution in [0.4, 0.5) is 11.5 Å². The van der Waals surface area contributed by atoms with E-state index in [1.54, 1.807) is 7.11 Å². The Labute approximate surface area is 111 Å². The predicted octanol–water partition coefficient (Wildman–Crippen LogP) is 0.411. The van der Waals surface area contributed by atoms with Gasteiger partial charge in [-0.15, -0.1) is 0 Å². The number of nitrogens with zero attached hydrogens (tertiary/aromatic N) is 3. The van der Waals surface area contributed by atoms with Crippen molar-refractivity contribution in [2.45, 2.75) is 18.6 Å². The van der Waals surface area contributed by atoms with Crippen LogP contribution in [-0.2, 0) is 9.47 Å². The average molecular weight is 266 g/mol. The molecule has 0 unspecified atom stereocenters. The standard InChI is InChI=1S/C12H18N4O3/c1-17-11-9(13)10(14-8-15-11)16-4-2-3-12(7-16)18-5-6-19-12/h8H,2-7,13H2,1H3. The van der Waals surface area contributed by atoms with E-state index in [9.17, 15) is 0 Å². The molecule has 2 saturated heterocycles. The number of piperidine rings is 1. The van der Waals surface area contributed by atoms with Crippen LogP contribution in [0.2, 0.25) is 0 Å². The fraction of sp³-hybridized carbons (Fsp3) is 0.667. The van der Waals surface area contributed by atoms with Crippen LogP contribution in [0, 0.1) is 0 Å². The molecule has 0 aromatic carbocycles. The molecule has 3 rings (SSSR count). The Kier molecular flexibility index (Phi) is 3.16. The van der Waals surface area contributed by atoms with E-state index in [0.29, 0.717) is 37.1 Å². The van der Waals surface area contributed by atoms with Crippen molar-refractivity contribution >= 4 is 11.5 Å². The van der Waals surface area contributed by atoms with Crippen molar-refractivity contribution in [3.05, 3.63) is 6.33 Å². The smallest absolute Gasteiger partial charge is 0.242 e. The molecule has 1 aromatic heterocycles. The van der Waals surface area contributed by atoms with Crippen molar-refractivity contribution in [1.29, 1.82) is 0 Å². The van der Waals surface area contributed by atoms with Gasteiger partial charge >= 0.3 is 0 Å². The van der Waals surface area contributed by atoms with Crippen LogP contribution in [0.1, 0.15) is 12.8 Å². The van der Waals surface area contributed by atoms with Crippen LogP contribution in [-0.4, -0.2) is 49.2 Å². The van der Waals surface area contributed by atoms with Gasteiger partial charge in [0.2, 0.25) is 5.88 Å². The summed E-state index contributed by atoms with van der Waals surface area (Å²) in [5, 5.41) is 0. The first-order valence-electron chi connectivity index (χ1n) is 6.41. The lowest BCUT2D eigenvalue weighted by molar-refractivity contribution is -0.161. The molecular formula is C12H18N4O3. The van der Waals surface area contributed by atoms with Crippen molar-refractivity contribution in [2.75, 3.05) is 44.0 Å². The van der Waals surface area contributed by atoms with Gasteiger partial charge in [-0.2, -0.15) is 4.98 Å². The molecule has 3 heterocycles. The Hall–Kier alpha value is -1.60. The highest BCUT2D eigenvalue weighted by Gasteiger charge is 2.41. The van der Waals surface area contributed by atoms with E-state index < -0.39 is 5.79 Å². The highest BCUT2D eigenvalue weighted by atomic mass is 16.7. The predicted molar refractivity (Wildman–Crippen MR) is 69.1 cm³/mol. The summed E-state index contributed by atoms with van der Waals surface area (Å²) in [6, 6.07) is 0. The number of nitrogens with two attached hydrogens (primary N) is 1. The second-order valence-corrected chi connectivity index (χ2v) is 4.75. The molecule has 0 saturated carbocycles. The van der Waals surface area contributed by atoms with Gasteiger partial charge in [0.1, 0.15) is 12.0 Å². The summed E-state index contributed by atoms with van der Waals surface area (Å²) in [7, 11) is 1.55. The van der Waals surface area contributed by atoms with E-state index >= 15 is 0 Å². The fourth-order valence-corrected chi connectivity index (χ4v) is 2.69. The second-order valence-electron chi connectivity index (χ2n) is 4.75. The fourth-order valence-electron chi connectivity index (χ4n) is 2.69. The maximum atomic E-state index is 6.04. The summed E-state index contributed by atoms with van der Waals surface area (Å²) in [5.74, 6) is 0.589. The number of methoxy groups -OCH3 is 1. The van der Waals surface area contributed by atoms with Crippen LogP contribution in [0.15, 0.2) is 6.33 Å². The van der Waals surface area contributed by atoms with E-state index in [-0.39, 0.29) is 0 Å². The van der Waals surface area contributed by atoms with Gasteiger partial charge in [-0.3, -0.25) is 0 Å². The van der Waals surface area contributed by atoms with Gasteiger partial charge in [-0.05, 0) is 6.42 Å². The third kappa shape index (κ3) is 2.19. The summed E-state index contributed by atoms with van der Waals surface area (Å²) in [5.41, 5.74) is 6.50. The summed E-state index contributed by atoms with van der Waals surface area (Å²) >= 11 is 0. The number of ether oxygens (including phenoxy) is 3. The zero-order chi connectivity index (χ0) is 13.3. The highest BCUT2D eigenvalue weighted by molar-refractivity contribution is 5.67. The molecule has 0 bridgehead atoms. The average Bonchev–Trinajstić information content (AvgIpc) is 2.87. The molecule has 104 valence electrons. The first-order chi connectivity index (χ1) is 9.24. The molecule has 2 N–H and O–H groups in total. The Balaban J connectivity index is 1.85. The maximum Gasteiger partial charge on any atom is 0.242 e. The van der Waals surface area contributed by atoms with Crippen LogP contribution in [0.25, 0.3) is 0 Å². The van der Waals surface area contributed by atoms with Crippen molar-refractivity contribution in [2.24, 2.45) is 0 Å². The molecular weight excluding hydrogens is 248 g/mol. The summed E-state index contributed by atoms with van der Waals surface area (Å²) in [6.45, 7) is 2.81. The van der Waals surface area contributed by atoms with E-state index in [1.165, 1.54) is 6.33 Å². The van der Waals surface area contributed by atoms with E-state index in [4.69, 9.17) is 19.9 Å². The van der Waals surface area contributed by atoms with Crippen LogP contribution >= 0.6 is 0 Å². The number of hydrogen-bond donors (Lipinski definition) is 1. The maximum absolute atomic E-state index is 6.04. The summed E-state index contributed by atoms with van der Waals surface area (Å²) in [6.07, 6.45) is 3.35. The minimum atomic E-state index is -0.497. The molecule has 0 amide bonds. The lowest BCUT2D eigenvalue weighted by Gasteiger charge is -2.39. The zero-order valence-corrected chi connectivity index (χ0v) is 11.0. The molecule has 19 heavy (non-hydrogen) atoms. The molecule has 7 heteroatoms. The Morgan fingerprint density at radius 2 is 2.16 bits per heavy atom. The van der Waals surface area contributed by atoms with Crippen molar-refractivity contribution < 1.29 is 14.2 Å². The topological polar surface area (TPSA) is 82.7 Å². The summed E-state index contributed by atoms with van der Waals surface area (Å²) in [4.78, 5) is 10.3. The van der Waals surface area contributed by atoms with E-state index in [1.807, 2.05) is 0 Å². The molecule has 1 aromatic rings. The van der Waals surface area contributed by atoms with Gasteiger partial charge in [0.05, 0.1) is 26.9 Å². The van der Waals surface area contributed by atoms with Gasteiger partial charge < -0.3 is 24.8 Å². The second kappa shape index (κ2) is 4.82. The molecule has 0 radical (unpaired) electrons. The minimum absolute atomic E-state index is 0.401. The Morgan fingerprint density at radius 1 is 1.37 bits per heavy atom. The Morgan fingerprint density at radius 3 is 2.89 bits per heavy atom. The molecule has 2 aliphatic heterocycles. The van der Waals surface area contributed by atoms with Gasteiger partial charge in [0.15, 0.2) is 11.6 Å². The van der Waals surface area contributed by atoms with Gasteiger partial charge in [0, 0.05) is 13.0 Å². The third-order valence-corrected chi connectivity index (χ3v) is 3.55. The number of anilines is 2. The number of rotatable bonds is 2. The van der Waals surface area contributed by atoms with Crippen LogP contribution < -0.4 is 15.4 Å². The van der Waals surface area contributed by atoms with Crippen LogP contribution in [0.5, 0.6) is 5.88 Å². The number of nitrogen functional groups attached to an aromatic ring is 1. The Bertz CT molecular complexity index is 462. The largest absolute Gasteiger partial charge is 0.479 e. The molecule has 2 aliphatic rings. The monoisotopic (exact) mass is 266 g/mol. The van der Waals surface area contributed by atoms with Crippen molar-refractivity contribution in [1.82, 2.24) is 9.97 Å². The molecule has 7 nitrogen and oxygen atoms in total. The summed E-state index contributed by atoms with van der Waals surface area (Å²) < 4.78 is 16.6. The highest BCUT2D eigenvalue weighted by Crippen LogP contribution is 2.35. The quantitative estimate of drug-likeness (QED) is 0.830. The normalized spacial score (nSPS) is 21.8. The van der Waals surface area contributed by atoms with Gasteiger partial charge in [0.25, 0.3) is 0 Å². The van der Waals surface area contributed by atoms with Gasteiger partial charge in [-0.1, -0.05) is 0 Å². The number of hydrogen-bond acceptors (Lipinski definition) is 7. The molecule has 1 spiro atoms. The lowest BCUT2D eigenvalue weighted by atomic mass is 10.0. The van der Waals surface area contributed by atoms with E-state index in [2.05, 4.69) is 14.9 Å². The first kappa shape index (κ1) is 12.4. The van der Waals surface area contributed by atoms with E-state index in [0.717, 1.165) is 19.4 Å². The number of aromatic nitrogens is 2. The molecule has 0 aliphatic carbocycles. The van der Waals surface area contributed by atoms with Crippen molar-refractivity contribution in [3.63, 3.8) is 0 Å². The van der Waals surface area contributed by atoms with Crippen molar-refractivity contribution in [3.8, 4) is 5.88 Å². The van der Waals surface area contributed by atoms with Crippen LogP contribution in [0.3, 0.4) is 0 Å². The lowest BCUT2D eigenvalue weighted by Crippen LogP contribution is -2.49. The zero-order valence-electron chi connectivity index (χ0n) is 11.0. The minimum Gasteiger partial charge on any atom is -0.479 e.